The first-order valence-electron chi connectivity index (χ1n) is 6.33. The van der Waals surface area contributed by atoms with Crippen molar-refractivity contribution in [2.75, 3.05) is 14.2 Å². The number of aliphatic hydroxyl groups is 1. The van der Waals surface area contributed by atoms with Gasteiger partial charge in [0.1, 0.15) is 11.9 Å². The summed E-state index contributed by atoms with van der Waals surface area (Å²) in [6.07, 6.45) is -1.00. The van der Waals surface area contributed by atoms with Crippen molar-refractivity contribution in [3.8, 4) is 11.5 Å². The topological polar surface area (TPSA) is 38.7 Å². The Kier molecular flexibility index (Phi) is 4.70. The van der Waals surface area contributed by atoms with Crippen molar-refractivity contribution < 1.29 is 19.0 Å². The van der Waals surface area contributed by atoms with Gasteiger partial charge in [-0.2, -0.15) is 0 Å². The fourth-order valence-corrected chi connectivity index (χ4v) is 2.51. The minimum absolute atomic E-state index is 0.319. The van der Waals surface area contributed by atoms with E-state index in [-0.39, 0.29) is 0 Å². The van der Waals surface area contributed by atoms with Crippen LogP contribution in [0.5, 0.6) is 11.5 Å². The smallest absolute Gasteiger partial charge is 0.179 e. The highest BCUT2D eigenvalue weighted by Gasteiger charge is 2.17. The molecular weight excluding hydrogens is 295 g/mol. The zero-order chi connectivity index (χ0) is 15.6. The molecule has 5 heteroatoms. The molecule has 2 aromatic carbocycles. The maximum absolute atomic E-state index is 13.5. The quantitative estimate of drug-likeness (QED) is 0.931. The normalized spacial score (nSPS) is 12.1. The molecular formula is C16H16ClFO3. The number of aryl methyl sites for hydroxylation is 1. The van der Waals surface area contributed by atoms with Gasteiger partial charge in [0.2, 0.25) is 0 Å². The molecule has 0 amide bonds. The van der Waals surface area contributed by atoms with E-state index in [9.17, 15) is 9.50 Å². The zero-order valence-electron chi connectivity index (χ0n) is 12.0. The van der Waals surface area contributed by atoms with Gasteiger partial charge in [-0.1, -0.05) is 17.7 Å². The summed E-state index contributed by atoms with van der Waals surface area (Å²) in [5, 5.41) is 10.7. The number of benzene rings is 2. The van der Waals surface area contributed by atoms with Gasteiger partial charge >= 0.3 is 0 Å². The van der Waals surface area contributed by atoms with Crippen LogP contribution < -0.4 is 9.47 Å². The van der Waals surface area contributed by atoms with Gasteiger partial charge in [0.05, 0.1) is 19.2 Å². The molecule has 1 N–H and O–H groups in total. The van der Waals surface area contributed by atoms with Crippen molar-refractivity contribution in [1.29, 1.82) is 0 Å². The molecule has 0 radical (unpaired) electrons. The Balaban J connectivity index is 2.48. The molecule has 0 saturated heterocycles. The Morgan fingerprint density at radius 1 is 1.05 bits per heavy atom. The molecule has 0 aliphatic heterocycles. The molecule has 3 nitrogen and oxygen atoms in total. The fraction of sp³-hybridized carbons (Fsp3) is 0.250. The van der Waals surface area contributed by atoms with Crippen LogP contribution in [0.1, 0.15) is 22.8 Å². The highest BCUT2D eigenvalue weighted by molar-refractivity contribution is 6.32. The van der Waals surface area contributed by atoms with Crippen LogP contribution in [0.15, 0.2) is 30.3 Å². The third-order valence-corrected chi connectivity index (χ3v) is 3.43. The second-order valence-electron chi connectivity index (χ2n) is 4.70. The summed E-state index contributed by atoms with van der Waals surface area (Å²) in [6, 6.07) is 7.61. The van der Waals surface area contributed by atoms with Gasteiger partial charge < -0.3 is 14.6 Å². The largest absolute Gasteiger partial charge is 0.493 e. The van der Waals surface area contributed by atoms with Crippen LogP contribution in [0.2, 0.25) is 5.02 Å². The van der Waals surface area contributed by atoms with E-state index in [1.54, 1.807) is 25.1 Å². The molecule has 0 spiro atoms. The van der Waals surface area contributed by atoms with E-state index in [4.69, 9.17) is 21.1 Å². The molecule has 2 rings (SSSR count). The molecule has 1 unspecified atom stereocenters. The highest BCUT2D eigenvalue weighted by atomic mass is 35.5. The van der Waals surface area contributed by atoms with Gasteiger partial charge in [-0.3, -0.25) is 0 Å². The van der Waals surface area contributed by atoms with Crippen molar-refractivity contribution >= 4 is 11.6 Å². The summed E-state index contributed by atoms with van der Waals surface area (Å²) >= 11 is 6.12. The summed E-state index contributed by atoms with van der Waals surface area (Å²) in [5.41, 5.74) is 1.69. The second kappa shape index (κ2) is 6.33. The van der Waals surface area contributed by atoms with Crippen molar-refractivity contribution in [3.63, 3.8) is 0 Å². The predicted octanol–water partition coefficient (Wildman–Crippen LogP) is 3.89. The molecule has 1 atom stereocenters. The van der Waals surface area contributed by atoms with Gasteiger partial charge in [0.25, 0.3) is 0 Å². The highest BCUT2D eigenvalue weighted by Crippen LogP contribution is 2.38. The first-order chi connectivity index (χ1) is 9.96. The van der Waals surface area contributed by atoms with E-state index < -0.39 is 11.9 Å². The molecule has 2 aromatic rings. The van der Waals surface area contributed by atoms with E-state index in [0.29, 0.717) is 27.6 Å². The Hall–Kier alpha value is -1.78. The Bertz CT molecular complexity index is 638. The minimum atomic E-state index is -1.00. The van der Waals surface area contributed by atoms with E-state index in [1.807, 2.05) is 0 Å². The van der Waals surface area contributed by atoms with Gasteiger partial charge in [-0.15, -0.1) is 0 Å². The fourth-order valence-electron chi connectivity index (χ4n) is 2.21. The van der Waals surface area contributed by atoms with E-state index >= 15 is 0 Å². The van der Waals surface area contributed by atoms with Gasteiger partial charge in [-0.25, -0.2) is 4.39 Å². The van der Waals surface area contributed by atoms with Gasteiger partial charge in [0, 0.05) is 0 Å². The van der Waals surface area contributed by atoms with Crippen molar-refractivity contribution in [2.24, 2.45) is 0 Å². The molecule has 21 heavy (non-hydrogen) atoms. The monoisotopic (exact) mass is 310 g/mol. The van der Waals surface area contributed by atoms with Crippen LogP contribution in [0, 0.1) is 12.7 Å². The number of aliphatic hydroxyl groups excluding tert-OH is 1. The lowest BCUT2D eigenvalue weighted by Gasteiger charge is -2.16. The standard InChI is InChI=1S/C16H16ClFO3/c1-9-4-10(6-12(18)5-9)15(19)11-7-13(17)16(21-3)14(8-11)20-2/h4-8,15,19H,1-3H3. The molecule has 112 valence electrons. The molecule has 0 saturated carbocycles. The lowest BCUT2D eigenvalue weighted by Crippen LogP contribution is -2.02. The number of hydrogen-bond donors (Lipinski definition) is 1. The summed E-state index contributed by atoms with van der Waals surface area (Å²) in [5.74, 6) is 0.410. The van der Waals surface area contributed by atoms with Crippen LogP contribution in [0.3, 0.4) is 0 Å². The second-order valence-corrected chi connectivity index (χ2v) is 5.11. The zero-order valence-corrected chi connectivity index (χ0v) is 12.7. The summed E-state index contributed by atoms with van der Waals surface area (Å²) in [6.45, 7) is 1.76. The minimum Gasteiger partial charge on any atom is -0.493 e. The van der Waals surface area contributed by atoms with Crippen LogP contribution in [0.25, 0.3) is 0 Å². The van der Waals surface area contributed by atoms with Gasteiger partial charge in [0.15, 0.2) is 11.5 Å². The average molecular weight is 311 g/mol. The molecule has 0 fully saturated rings. The van der Waals surface area contributed by atoms with Gasteiger partial charge in [-0.05, 0) is 47.9 Å². The third kappa shape index (κ3) is 3.28. The number of hydrogen-bond acceptors (Lipinski definition) is 3. The molecule has 0 bridgehead atoms. The molecule has 0 aliphatic carbocycles. The van der Waals surface area contributed by atoms with E-state index in [0.717, 1.165) is 5.56 Å². The third-order valence-electron chi connectivity index (χ3n) is 3.15. The Labute approximate surface area is 127 Å². The first kappa shape index (κ1) is 15.6. The van der Waals surface area contributed by atoms with E-state index in [1.165, 1.54) is 26.4 Å². The first-order valence-corrected chi connectivity index (χ1v) is 6.70. The average Bonchev–Trinajstić information content (AvgIpc) is 2.44. The van der Waals surface area contributed by atoms with Crippen molar-refractivity contribution in [1.82, 2.24) is 0 Å². The molecule has 0 aromatic heterocycles. The van der Waals surface area contributed by atoms with Crippen LogP contribution in [0.4, 0.5) is 4.39 Å². The summed E-state index contributed by atoms with van der Waals surface area (Å²) in [7, 11) is 2.96. The lowest BCUT2D eigenvalue weighted by molar-refractivity contribution is 0.219. The molecule has 0 aliphatic rings. The number of methoxy groups -OCH3 is 2. The SMILES string of the molecule is COc1cc(C(O)c2cc(C)cc(F)c2)cc(Cl)c1OC. The maximum Gasteiger partial charge on any atom is 0.179 e. The van der Waals surface area contributed by atoms with Crippen LogP contribution in [-0.4, -0.2) is 19.3 Å². The predicted molar refractivity (Wildman–Crippen MR) is 79.8 cm³/mol. The van der Waals surface area contributed by atoms with E-state index in [2.05, 4.69) is 0 Å². The number of rotatable bonds is 4. The van der Waals surface area contributed by atoms with Crippen LogP contribution >= 0.6 is 11.6 Å². The van der Waals surface area contributed by atoms with Crippen LogP contribution in [-0.2, 0) is 0 Å². The van der Waals surface area contributed by atoms with Crippen molar-refractivity contribution in [3.05, 3.63) is 57.9 Å². The maximum atomic E-state index is 13.5. The number of halogens is 2. The molecule has 0 heterocycles. The number of ether oxygens (including phenoxy) is 2. The lowest BCUT2D eigenvalue weighted by atomic mass is 9.99. The summed E-state index contributed by atoms with van der Waals surface area (Å²) in [4.78, 5) is 0. The Morgan fingerprint density at radius 3 is 2.29 bits per heavy atom. The van der Waals surface area contributed by atoms with Crippen molar-refractivity contribution in [2.45, 2.75) is 13.0 Å². The summed E-state index contributed by atoms with van der Waals surface area (Å²) < 4.78 is 23.8. The Morgan fingerprint density at radius 2 is 1.71 bits per heavy atom.